The first-order valence-electron chi connectivity index (χ1n) is 7.79. The summed E-state index contributed by atoms with van der Waals surface area (Å²) < 4.78 is 12.3. The number of nitrogens with one attached hydrogen (secondary N) is 2. The third-order valence-electron chi connectivity index (χ3n) is 4.37. The van der Waals surface area contributed by atoms with Gasteiger partial charge in [-0.2, -0.15) is 0 Å². The number of hydrogen-bond donors (Lipinski definition) is 2. The second kappa shape index (κ2) is 5.32. The Morgan fingerprint density at radius 3 is 3.12 bits per heavy atom. The van der Waals surface area contributed by atoms with E-state index in [2.05, 4.69) is 15.6 Å². The molecule has 1 unspecified atom stereocenters. The number of ether oxygens (including phenoxy) is 2. The molecule has 25 heavy (non-hydrogen) atoms. The predicted molar refractivity (Wildman–Crippen MR) is 93.9 cm³/mol. The quantitative estimate of drug-likeness (QED) is 0.845. The Balaban J connectivity index is 1.65. The molecule has 2 aromatic rings. The van der Waals surface area contributed by atoms with Crippen LogP contribution < -0.4 is 25.7 Å². The summed E-state index contributed by atoms with van der Waals surface area (Å²) in [5.74, 6) is 1.32. The summed E-state index contributed by atoms with van der Waals surface area (Å²) in [6.45, 7) is 0.202. The molecule has 126 valence electrons. The van der Waals surface area contributed by atoms with Gasteiger partial charge in [-0.3, -0.25) is 9.36 Å². The van der Waals surface area contributed by atoms with Crippen molar-refractivity contribution in [2.24, 2.45) is 0 Å². The van der Waals surface area contributed by atoms with E-state index in [1.165, 1.54) is 16.3 Å². The molecule has 3 aliphatic rings. The van der Waals surface area contributed by atoms with Gasteiger partial charge in [0, 0.05) is 24.4 Å². The minimum absolute atomic E-state index is 0.00439. The lowest BCUT2D eigenvalue weighted by Crippen LogP contribution is -2.26. The smallest absolute Gasteiger partial charge is 0.272 e. The molecule has 5 rings (SSSR count). The summed E-state index contributed by atoms with van der Waals surface area (Å²) in [6, 6.07) is 5.42. The normalized spacial score (nSPS) is 19.5. The van der Waals surface area contributed by atoms with Gasteiger partial charge in [0.15, 0.2) is 11.5 Å². The monoisotopic (exact) mass is 354 g/mol. The first-order chi connectivity index (χ1) is 12.3. The van der Waals surface area contributed by atoms with Crippen molar-refractivity contribution in [1.82, 2.24) is 20.2 Å². The third-order valence-corrected chi connectivity index (χ3v) is 5.59. The summed E-state index contributed by atoms with van der Waals surface area (Å²) in [7, 11) is 1.87. The van der Waals surface area contributed by atoms with Gasteiger partial charge in [-0.05, 0) is 24.4 Å². The molecule has 0 saturated heterocycles. The van der Waals surface area contributed by atoms with Gasteiger partial charge in [-0.25, -0.2) is 4.98 Å². The van der Waals surface area contributed by atoms with Gasteiger partial charge >= 0.3 is 0 Å². The Labute approximate surface area is 147 Å². The molecule has 1 aromatic heterocycles. The van der Waals surface area contributed by atoms with E-state index >= 15 is 0 Å². The highest BCUT2D eigenvalue weighted by Crippen LogP contribution is 2.43. The Hall–Kier alpha value is -2.87. The maximum atomic E-state index is 13.0. The SMILES string of the molecule is CNC1=C2c3ncn(-c4ccc5c(c4)OCO5)c(=O)c3SC2NC=C1. The lowest BCUT2D eigenvalue weighted by molar-refractivity contribution is 0.174. The van der Waals surface area contributed by atoms with Crippen molar-refractivity contribution in [3.05, 3.63) is 58.5 Å². The highest BCUT2D eigenvalue weighted by Gasteiger charge is 2.35. The predicted octanol–water partition coefficient (Wildman–Crippen LogP) is 1.44. The van der Waals surface area contributed by atoms with E-state index < -0.39 is 0 Å². The molecule has 8 heteroatoms. The molecule has 1 aromatic carbocycles. The van der Waals surface area contributed by atoms with E-state index in [0.29, 0.717) is 22.1 Å². The number of likely N-dealkylation sites (N-methyl/N-ethyl adjacent to an activating group) is 1. The van der Waals surface area contributed by atoms with Crippen LogP contribution >= 0.6 is 11.8 Å². The summed E-state index contributed by atoms with van der Waals surface area (Å²) >= 11 is 1.49. The van der Waals surface area contributed by atoms with Crippen molar-refractivity contribution in [3.63, 3.8) is 0 Å². The van der Waals surface area contributed by atoms with E-state index in [0.717, 1.165) is 17.0 Å². The summed E-state index contributed by atoms with van der Waals surface area (Å²) in [6.07, 6.45) is 5.40. The number of benzene rings is 1. The number of hydrogen-bond acceptors (Lipinski definition) is 7. The number of thioether (sulfide) groups is 1. The zero-order chi connectivity index (χ0) is 17.0. The van der Waals surface area contributed by atoms with Crippen LogP contribution in [0.3, 0.4) is 0 Å². The zero-order valence-corrected chi connectivity index (χ0v) is 14.1. The summed E-state index contributed by atoms with van der Waals surface area (Å²) in [4.78, 5) is 18.3. The molecule has 0 bridgehead atoms. The van der Waals surface area contributed by atoms with Crippen LogP contribution in [0.25, 0.3) is 11.3 Å². The van der Waals surface area contributed by atoms with Gasteiger partial charge < -0.3 is 20.1 Å². The van der Waals surface area contributed by atoms with Crippen molar-refractivity contribution < 1.29 is 9.47 Å². The molecule has 0 spiro atoms. The maximum Gasteiger partial charge on any atom is 0.272 e. The van der Waals surface area contributed by atoms with Gasteiger partial charge in [0.1, 0.15) is 16.6 Å². The minimum atomic E-state index is -0.0898. The molecule has 0 amide bonds. The average molecular weight is 354 g/mol. The van der Waals surface area contributed by atoms with E-state index in [1.54, 1.807) is 18.5 Å². The highest BCUT2D eigenvalue weighted by molar-refractivity contribution is 8.00. The fraction of sp³-hybridized carbons (Fsp3) is 0.176. The largest absolute Gasteiger partial charge is 0.454 e. The highest BCUT2D eigenvalue weighted by atomic mass is 32.2. The minimum Gasteiger partial charge on any atom is -0.454 e. The van der Waals surface area contributed by atoms with Crippen molar-refractivity contribution in [3.8, 4) is 17.2 Å². The van der Waals surface area contributed by atoms with Crippen LogP contribution in [-0.2, 0) is 0 Å². The second-order valence-corrected chi connectivity index (χ2v) is 6.83. The summed E-state index contributed by atoms with van der Waals surface area (Å²) in [5, 5.41) is 6.44. The van der Waals surface area contributed by atoms with Gasteiger partial charge in [0.2, 0.25) is 6.79 Å². The Morgan fingerprint density at radius 1 is 1.36 bits per heavy atom. The number of dihydropyridines is 1. The molecule has 4 heterocycles. The standard InChI is InChI=1S/C17H14N4O3S/c1-18-10-4-5-19-16-13(10)14-15(25-16)17(22)21(7-20-14)9-2-3-11-12(6-9)24-8-23-11/h2-7,16,18-19H,8H2,1H3. The van der Waals surface area contributed by atoms with Crippen LogP contribution in [0.5, 0.6) is 11.5 Å². The topological polar surface area (TPSA) is 77.4 Å². The van der Waals surface area contributed by atoms with E-state index in [4.69, 9.17) is 9.47 Å². The lowest BCUT2D eigenvalue weighted by atomic mass is 10.1. The van der Waals surface area contributed by atoms with Crippen molar-refractivity contribution in [2.45, 2.75) is 10.3 Å². The first-order valence-corrected chi connectivity index (χ1v) is 8.67. The van der Waals surface area contributed by atoms with Crippen LogP contribution in [0, 0.1) is 0 Å². The van der Waals surface area contributed by atoms with Gasteiger partial charge in [-0.1, -0.05) is 11.8 Å². The first kappa shape index (κ1) is 14.5. The number of rotatable bonds is 2. The molecular formula is C17H14N4O3S. The van der Waals surface area contributed by atoms with Gasteiger partial charge in [0.25, 0.3) is 5.56 Å². The zero-order valence-electron chi connectivity index (χ0n) is 13.3. The molecule has 3 aliphatic heterocycles. The van der Waals surface area contributed by atoms with Gasteiger partial charge in [-0.15, -0.1) is 0 Å². The summed E-state index contributed by atoms with van der Waals surface area (Å²) in [5.41, 5.74) is 3.34. The molecule has 1 atom stereocenters. The Kier molecular flexibility index (Phi) is 3.08. The van der Waals surface area contributed by atoms with Crippen molar-refractivity contribution in [2.75, 3.05) is 13.8 Å². The van der Waals surface area contributed by atoms with Crippen LogP contribution in [0.2, 0.25) is 0 Å². The van der Waals surface area contributed by atoms with Crippen LogP contribution in [0.4, 0.5) is 0 Å². The van der Waals surface area contributed by atoms with Crippen LogP contribution in [0.15, 0.2) is 52.2 Å². The molecular weight excluding hydrogens is 340 g/mol. The number of aromatic nitrogens is 2. The van der Waals surface area contributed by atoms with Crippen LogP contribution in [-0.4, -0.2) is 28.8 Å². The fourth-order valence-corrected chi connectivity index (χ4v) is 4.38. The lowest BCUT2D eigenvalue weighted by Gasteiger charge is -2.19. The Morgan fingerprint density at radius 2 is 2.24 bits per heavy atom. The number of fused-ring (bicyclic) bond motifs is 4. The van der Waals surface area contributed by atoms with E-state index in [-0.39, 0.29) is 17.7 Å². The molecule has 0 aliphatic carbocycles. The van der Waals surface area contributed by atoms with E-state index in [1.807, 2.05) is 25.4 Å². The maximum absolute atomic E-state index is 13.0. The number of nitrogens with zero attached hydrogens (tertiary/aromatic N) is 2. The average Bonchev–Trinajstić information content (AvgIpc) is 3.25. The molecule has 0 saturated carbocycles. The number of allylic oxidation sites excluding steroid dienone is 1. The fourth-order valence-electron chi connectivity index (χ4n) is 3.17. The van der Waals surface area contributed by atoms with Crippen molar-refractivity contribution in [1.29, 1.82) is 0 Å². The molecule has 7 nitrogen and oxygen atoms in total. The van der Waals surface area contributed by atoms with Crippen LogP contribution in [0.1, 0.15) is 5.69 Å². The second-order valence-electron chi connectivity index (χ2n) is 5.71. The molecule has 2 N–H and O–H groups in total. The van der Waals surface area contributed by atoms with Gasteiger partial charge in [0.05, 0.1) is 11.4 Å². The Bertz CT molecular complexity index is 1010. The van der Waals surface area contributed by atoms with Crippen molar-refractivity contribution >= 4 is 17.3 Å². The van der Waals surface area contributed by atoms with E-state index in [9.17, 15) is 4.79 Å². The third kappa shape index (κ3) is 2.07. The molecule has 0 fully saturated rings. The molecule has 0 radical (unpaired) electrons.